The summed E-state index contributed by atoms with van der Waals surface area (Å²) in [6.45, 7) is 6.62. The maximum Gasteiger partial charge on any atom is 0.241 e. The molecule has 5 nitrogen and oxygen atoms in total. The highest BCUT2D eigenvalue weighted by Crippen LogP contribution is 2.26. The van der Waals surface area contributed by atoms with Crippen LogP contribution in [0, 0.1) is 6.92 Å². The second-order valence-electron chi connectivity index (χ2n) is 6.93. The third kappa shape index (κ3) is 4.35. The molecule has 1 saturated heterocycles. The molecule has 2 aromatic carbocycles. The molecular formula is C21H23ClN4OS. The minimum atomic E-state index is 0.649. The van der Waals surface area contributed by atoms with E-state index < -0.39 is 0 Å². The Kier molecular flexibility index (Phi) is 5.90. The van der Waals surface area contributed by atoms with Crippen molar-refractivity contribution < 1.29 is 4.52 Å². The van der Waals surface area contributed by atoms with E-state index in [1.54, 1.807) is 11.8 Å². The van der Waals surface area contributed by atoms with E-state index in [0.29, 0.717) is 18.3 Å². The Bertz CT molecular complexity index is 936. The lowest BCUT2D eigenvalue weighted by Crippen LogP contribution is -2.46. The Morgan fingerprint density at radius 3 is 2.54 bits per heavy atom. The fourth-order valence-corrected chi connectivity index (χ4v) is 4.01. The topological polar surface area (TPSA) is 45.4 Å². The van der Waals surface area contributed by atoms with Crippen molar-refractivity contribution in [3.63, 3.8) is 0 Å². The number of nitrogens with zero attached hydrogens (tertiary/aromatic N) is 4. The summed E-state index contributed by atoms with van der Waals surface area (Å²) in [4.78, 5) is 10.5. The number of aromatic nitrogens is 2. The van der Waals surface area contributed by atoms with Gasteiger partial charge >= 0.3 is 0 Å². The molecule has 4 rings (SSSR count). The molecule has 0 bridgehead atoms. The van der Waals surface area contributed by atoms with E-state index in [4.69, 9.17) is 16.1 Å². The molecule has 0 N–H and O–H groups in total. The molecule has 0 amide bonds. The summed E-state index contributed by atoms with van der Waals surface area (Å²) in [5.41, 5.74) is 3.46. The van der Waals surface area contributed by atoms with Crippen LogP contribution in [0.1, 0.15) is 11.5 Å². The summed E-state index contributed by atoms with van der Waals surface area (Å²) in [5.74, 6) is 1.31. The van der Waals surface area contributed by atoms with Gasteiger partial charge in [0.25, 0.3) is 0 Å². The largest absolute Gasteiger partial charge is 0.369 e. The summed E-state index contributed by atoms with van der Waals surface area (Å²) in [6, 6.07) is 14.3. The van der Waals surface area contributed by atoms with Crippen LogP contribution in [-0.2, 0) is 6.54 Å². The first-order chi connectivity index (χ1) is 13.6. The molecule has 7 heteroatoms. The Morgan fingerprint density at radius 1 is 1.07 bits per heavy atom. The molecule has 1 aromatic heterocycles. The van der Waals surface area contributed by atoms with Gasteiger partial charge in [-0.2, -0.15) is 4.98 Å². The Labute approximate surface area is 174 Å². The normalized spacial score (nSPS) is 15.2. The summed E-state index contributed by atoms with van der Waals surface area (Å²) in [6.07, 6.45) is 2.06. The molecule has 1 aliphatic rings. The molecule has 0 radical (unpaired) electrons. The molecule has 1 aliphatic heterocycles. The Hall–Kier alpha value is -2.02. The van der Waals surface area contributed by atoms with E-state index in [2.05, 4.69) is 57.4 Å². The van der Waals surface area contributed by atoms with Crippen LogP contribution in [0.3, 0.4) is 0 Å². The van der Waals surface area contributed by atoms with E-state index in [1.165, 1.54) is 16.1 Å². The molecule has 0 unspecified atom stereocenters. The Balaban J connectivity index is 1.36. The lowest BCUT2D eigenvalue weighted by Gasteiger charge is -2.36. The molecule has 0 spiro atoms. The van der Waals surface area contributed by atoms with E-state index in [0.717, 1.165) is 36.8 Å². The van der Waals surface area contributed by atoms with E-state index in [-0.39, 0.29) is 0 Å². The first-order valence-electron chi connectivity index (χ1n) is 9.33. The average Bonchev–Trinajstić information content (AvgIpc) is 3.19. The predicted octanol–water partition coefficient (Wildman–Crippen LogP) is 4.74. The fraction of sp³-hybridized carbons (Fsp3) is 0.333. The minimum Gasteiger partial charge on any atom is -0.369 e. The number of piperazine rings is 1. The molecule has 3 aromatic rings. The van der Waals surface area contributed by atoms with Crippen molar-refractivity contribution in [1.29, 1.82) is 0 Å². The number of hydrogen-bond acceptors (Lipinski definition) is 6. The van der Waals surface area contributed by atoms with Crippen LogP contribution in [0.4, 0.5) is 5.69 Å². The van der Waals surface area contributed by atoms with Gasteiger partial charge in [-0.25, -0.2) is 0 Å². The second-order valence-corrected chi connectivity index (χ2v) is 8.25. The van der Waals surface area contributed by atoms with Crippen LogP contribution in [0.2, 0.25) is 5.02 Å². The number of benzene rings is 2. The van der Waals surface area contributed by atoms with E-state index in [9.17, 15) is 0 Å². The predicted molar refractivity (Wildman–Crippen MR) is 115 cm³/mol. The molecule has 0 atom stereocenters. The van der Waals surface area contributed by atoms with Crippen LogP contribution >= 0.6 is 23.4 Å². The molecule has 1 fully saturated rings. The first kappa shape index (κ1) is 19.3. The van der Waals surface area contributed by atoms with Gasteiger partial charge in [-0.3, -0.25) is 4.90 Å². The van der Waals surface area contributed by atoms with Crippen molar-refractivity contribution in [2.75, 3.05) is 37.3 Å². The summed E-state index contributed by atoms with van der Waals surface area (Å²) in [7, 11) is 0. The van der Waals surface area contributed by atoms with Gasteiger partial charge in [0, 0.05) is 47.3 Å². The number of aryl methyl sites for hydroxylation is 1. The molecule has 0 saturated carbocycles. The monoisotopic (exact) mass is 414 g/mol. The highest BCUT2D eigenvalue weighted by Gasteiger charge is 2.21. The second kappa shape index (κ2) is 8.55. The smallest absolute Gasteiger partial charge is 0.241 e. The number of hydrogen-bond donors (Lipinski definition) is 0. The van der Waals surface area contributed by atoms with Gasteiger partial charge in [0.1, 0.15) is 0 Å². The minimum absolute atomic E-state index is 0.649. The summed E-state index contributed by atoms with van der Waals surface area (Å²) in [5, 5.41) is 4.93. The van der Waals surface area contributed by atoms with Crippen LogP contribution < -0.4 is 4.90 Å². The summed E-state index contributed by atoms with van der Waals surface area (Å²) >= 11 is 7.89. The lowest BCUT2D eigenvalue weighted by molar-refractivity contribution is 0.215. The van der Waals surface area contributed by atoms with Crippen molar-refractivity contribution in [2.24, 2.45) is 0 Å². The SMILES string of the molecule is CSc1ccc(-c2noc(CN3CCN(c4cc(Cl)ccc4C)CC3)n2)cc1. The number of rotatable bonds is 5. The van der Waals surface area contributed by atoms with E-state index >= 15 is 0 Å². The van der Waals surface area contributed by atoms with Crippen LogP contribution in [0.5, 0.6) is 0 Å². The van der Waals surface area contributed by atoms with Crippen molar-refractivity contribution in [3.05, 3.63) is 58.9 Å². The molecule has 28 heavy (non-hydrogen) atoms. The van der Waals surface area contributed by atoms with E-state index in [1.807, 2.05) is 18.2 Å². The quantitative estimate of drug-likeness (QED) is 0.562. The van der Waals surface area contributed by atoms with Gasteiger partial charge in [-0.05, 0) is 55.1 Å². The van der Waals surface area contributed by atoms with Gasteiger partial charge in [0.05, 0.1) is 6.54 Å². The average molecular weight is 415 g/mol. The van der Waals surface area contributed by atoms with Crippen molar-refractivity contribution in [1.82, 2.24) is 15.0 Å². The third-order valence-corrected chi connectivity index (χ3v) is 6.04. The number of anilines is 1. The number of halogens is 1. The first-order valence-corrected chi connectivity index (χ1v) is 10.9. The third-order valence-electron chi connectivity index (χ3n) is 5.06. The zero-order valence-electron chi connectivity index (χ0n) is 16.1. The maximum atomic E-state index is 6.18. The maximum absolute atomic E-state index is 6.18. The molecular weight excluding hydrogens is 392 g/mol. The van der Waals surface area contributed by atoms with Gasteiger partial charge in [0.2, 0.25) is 11.7 Å². The highest BCUT2D eigenvalue weighted by atomic mass is 35.5. The highest BCUT2D eigenvalue weighted by molar-refractivity contribution is 7.98. The zero-order valence-corrected chi connectivity index (χ0v) is 17.6. The van der Waals surface area contributed by atoms with Gasteiger partial charge in [-0.15, -0.1) is 11.8 Å². The Morgan fingerprint density at radius 2 is 1.82 bits per heavy atom. The van der Waals surface area contributed by atoms with Gasteiger partial charge in [-0.1, -0.05) is 22.8 Å². The summed E-state index contributed by atoms with van der Waals surface area (Å²) < 4.78 is 5.49. The van der Waals surface area contributed by atoms with Crippen LogP contribution in [0.25, 0.3) is 11.4 Å². The van der Waals surface area contributed by atoms with Gasteiger partial charge < -0.3 is 9.42 Å². The van der Waals surface area contributed by atoms with Crippen molar-refractivity contribution in [2.45, 2.75) is 18.4 Å². The standard InChI is InChI=1S/C21H23ClN4OS/c1-15-3-6-17(22)13-19(15)26-11-9-25(10-12-26)14-20-23-21(24-27-20)16-4-7-18(28-2)8-5-16/h3-8,13H,9-12,14H2,1-2H3. The molecule has 146 valence electrons. The van der Waals surface area contributed by atoms with Crippen LogP contribution in [-0.4, -0.2) is 47.5 Å². The van der Waals surface area contributed by atoms with Gasteiger partial charge in [0.15, 0.2) is 0 Å². The molecule has 2 heterocycles. The lowest BCUT2D eigenvalue weighted by atomic mass is 10.1. The number of thioether (sulfide) groups is 1. The fourth-order valence-electron chi connectivity index (χ4n) is 3.44. The van der Waals surface area contributed by atoms with Crippen LogP contribution in [0.15, 0.2) is 51.9 Å². The molecule has 0 aliphatic carbocycles. The van der Waals surface area contributed by atoms with Crippen molar-refractivity contribution >= 4 is 29.1 Å². The van der Waals surface area contributed by atoms with Crippen molar-refractivity contribution in [3.8, 4) is 11.4 Å². The zero-order chi connectivity index (χ0) is 19.5.